The minimum absolute atomic E-state index is 0.271. The van der Waals surface area contributed by atoms with E-state index < -0.39 is 0 Å². The van der Waals surface area contributed by atoms with Gasteiger partial charge >= 0.3 is 0 Å². The van der Waals surface area contributed by atoms with Gasteiger partial charge in [-0.3, -0.25) is 9.69 Å². The number of rotatable bonds is 4. The van der Waals surface area contributed by atoms with Crippen molar-refractivity contribution in [2.24, 2.45) is 0 Å². The molecule has 1 aromatic carbocycles. The third-order valence-electron chi connectivity index (χ3n) is 5.72. The fourth-order valence-electron chi connectivity index (χ4n) is 3.98. The first-order valence-corrected chi connectivity index (χ1v) is 9.82. The first-order valence-electron chi connectivity index (χ1n) is 9.82. The molecule has 3 heterocycles. The van der Waals surface area contributed by atoms with Crippen molar-refractivity contribution in [3.8, 4) is 11.1 Å². The van der Waals surface area contributed by atoms with Gasteiger partial charge in [-0.05, 0) is 29.7 Å². The maximum Gasteiger partial charge on any atom is 0.236 e. The molecule has 1 aromatic heterocycles. The molecule has 1 amide bonds. The number of nitrogens with zero attached hydrogens (tertiary/aromatic N) is 5. The van der Waals surface area contributed by atoms with E-state index in [9.17, 15) is 4.79 Å². The van der Waals surface area contributed by atoms with Crippen molar-refractivity contribution in [2.75, 3.05) is 45.8 Å². The minimum Gasteiger partial charge on any atom is -0.339 e. The zero-order valence-corrected chi connectivity index (χ0v) is 16.0. The predicted octanol–water partition coefficient (Wildman–Crippen LogP) is 1.67. The van der Waals surface area contributed by atoms with Crippen molar-refractivity contribution in [1.82, 2.24) is 24.7 Å². The Morgan fingerprint density at radius 1 is 0.963 bits per heavy atom. The quantitative estimate of drug-likeness (QED) is 0.825. The van der Waals surface area contributed by atoms with E-state index in [0.29, 0.717) is 6.54 Å². The number of benzene rings is 1. The summed E-state index contributed by atoms with van der Waals surface area (Å²) < 4.78 is 0. The molecule has 0 saturated carbocycles. The van der Waals surface area contributed by atoms with Gasteiger partial charge < -0.3 is 9.80 Å². The fourth-order valence-corrected chi connectivity index (χ4v) is 3.98. The zero-order chi connectivity index (χ0) is 18.6. The van der Waals surface area contributed by atoms with Gasteiger partial charge in [0.05, 0.1) is 6.54 Å². The number of hydrogen-bond donors (Lipinski definition) is 0. The van der Waals surface area contributed by atoms with Crippen LogP contribution in [0.4, 0.5) is 0 Å². The lowest BCUT2D eigenvalue weighted by molar-refractivity contribution is -0.134. The summed E-state index contributed by atoms with van der Waals surface area (Å²) in [6.45, 7) is 9.28. The Balaban J connectivity index is 1.37. The molecule has 6 heteroatoms. The van der Waals surface area contributed by atoms with Crippen molar-refractivity contribution in [3.05, 3.63) is 48.0 Å². The Morgan fingerprint density at radius 3 is 2.48 bits per heavy atom. The Bertz CT molecular complexity index is 786. The van der Waals surface area contributed by atoms with Gasteiger partial charge in [0.15, 0.2) is 0 Å². The summed E-state index contributed by atoms with van der Waals surface area (Å²) in [5, 5.41) is 0. The van der Waals surface area contributed by atoms with Gasteiger partial charge in [-0.2, -0.15) is 0 Å². The highest BCUT2D eigenvalue weighted by atomic mass is 16.2. The highest BCUT2D eigenvalue weighted by molar-refractivity contribution is 5.78. The topological polar surface area (TPSA) is 52.6 Å². The van der Waals surface area contributed by atoms with E-state index in [1.807, 2.05) is 17.3 Å². The van der Waals surface area contributed by atoms with E-state index in [0.717, 1.165) is 63.4 Å². The Labute approximate surface area is 160 Å². The molecule has 1 fully saturated rings. The number of likely N-dealkylation sites (N-methyl/N-ethyl adjacent to an activating group) is 1. The fraction of sp³-hybridized carbons (Fsp3) is 0.476. The molecule has 0 N–H and O–H groups in total. The van der Waals surface area contributed by atoms with Crippen LogP contribution >= 0.6 is 0 Å². The maximum absolute atomic E-state index is 12.7. The molecule has 6 nitrogen and oxygen atoms in total. The normalized spacial score (nSPS) is 18.3. The van der Waals surface area contributed by atoms with E-state index in [4.69, 9.17) is 0 Å². The highest BCUT2D eigenvalue weighted by Crippen LogP contribution is 2.25. The van der Waals surface area contributed by atoms with Gasteiger partial charge in [-0.15, -0.1) is 0 Å². The molecule has 0 unspecified atom stereocenters. The average molecular weight is 365 g/mol. The van der Waals surface area contributed by atoms with Crippen LogP contribution in [-0.2, 0) is 17.8 Å². The van der Waals surface area contributed by atoms with E-state index in [1.165, 1.54) is 11.1 Å². The Morgan fingerprint density at radius 2 is 1.74 bits per heavy atom. The smallest absolute Gasteiger partial charge is 0.236 e. The number of amides is 1. The molecule has 2 aromatic rings. The molecule has 27 heavy (non-hydrogen) atoms. The van der Waals surface area contributed by atoms with Crippen LogP contribution < -0.4 is 0 Å². The average Bonchev–Trinajstić information content (AvgIpc) is 2.74. The van der Waals surface area contributed by atoms with Crippen LogP contribution in [0.2, 0.25) is 0 Å². The molecule has 2 aliphatic heterocycles. The maximum atomic E-state index is 12.7. The third kappa shape index (κ3) is 4.17. The number of carbonyl (C=O) groups excluding carboxylic acids is 1. The van der Waals surface area contributed by atoms with Crippen molar-refractivity contribution in [3.63, 3.8) is 0 Å². The van der Waals surface area contributed by atoms with Gasteiger partial charge in [0.25, 0.3) is 0 Å². The lowest BCUT2D eigenvalue weighted by Gasteiger charge is -2.36. The summed E-state index contributed by atoms with van der Waals surface area (Å²) >= 11 is 0. The van der Waals surface area contributed by atoms with Gasteiger partial charge in [-0.25, -0.2) is 9.97 Å². The molecule has 0 bridgehead atoms. The summed E-state index contributed by atoms with van der Waals surface area (Å²) in [7, 11) is 0. The predicted molar refractivity (Wildman–Crippen MR) is 105 cm³/mol. The monoisotopic (exact) mass is 365 g/mol. The number of aromatic nitrogens is 2. The van der Waals surface area contributed by atoms with E-state index in [1.54, 1.807) is 6.33 Å². The summed E-state index contributed by atoms with van der Waals surface area (Å²) in [5.74, 6) is 0.271. The molecule has 1 saturated heterocycles. The molecule has 0 radical (unpaired) electrons. The second-order valence-corrected chi connectivity index (χ2v) is 7.39. The molecule has 2 aliphatic rings. The summed E-state index contributed by atoms with van der Waals surface area (Å²) in [4.78, 5) is 27.6. The van der Waals surface area contributed by atoms with E-state index in [2.05, 4.69) is 44.9 Å². The molecular weight excluding hydrogens is 338 g/mol. The number of piperazine rings is 1. The second-order valence-electron chi connectivity index (χ2n) is 7.39. The van der Waals surface area contributed by atoms with Crippen molar-refractivity contribution >= 4 is 5.91 Å². The van der Waals surface area contributed by atoms with Crippen LogP contribution in [0.25, 0.3) is 11.1 Å². The summed E-state index contributed by atoms with van der Waals surface area (Å²) in [6, 6.07) is 6.57. The first kappa shape index (κ1) is 18.1. The Hall–Kier alpha value is -2.31. The van der Waals surface area contributed by atoms with E-state index >= 15 is 0 Å². The Kier molecular flexibility index (Phi) is 5.45. The van der Waals surface area contributed by atoms with Crippen LogP contribution in [0.1, 0.15) is 18.1 Å². The SMILES string of the molecule is CCN1CCN(C(=O)CN2CCc3cc(-c4cncnc4)ccc3C2)CC1. The van der Waals surface area contributed by atoms with Crippen LogP contribution in [0.15, 0.2) is 36.9 Å². The summed E-state index contributed by atoms with van der Waals surface area (Å²) in [6.07, 6.45) is 6.23. The largest absolute Gasteiger partial charge is 0.339 e. The highest BCUT2D eigenvalue weighted by Gasteiger charge is 2.24. The number of carbonyl (C=O) groups is 1. The third-order valence-corrected chi connectivity index (χ3v) is 5.72. The number of hydrogen-bond acceptors (Lipinski definition) is 5. The van der Waals surface area contributed by atoms with Crippen molar-refractivity contribution in [2.45, 2.75) is 19.9 Å². The van der Waals surface area contributed by atoms with Crippen LogP contribution in [-0.4, -0.2) is 76.4 Å². The van der Waals surface area contributed by atoms with Crippen LogP contribution in [0.3, 0.4) is 0 Å². The molecule has 4 rings (SSSR count). The molecule has 0 atom stereocenters. The first-order chi connectivity index (χ1) is 13.2. The molecule has 142 valence electrons. The van der Waals surface area contributed by atoms with E-state index in [-0.39, 0.29) is 5.91 Å². The lowest BCUT2D eigenvalue weighted by atomic mass is 9.95. The lowest BCUT2D eigenvalue weighted by Crippen LogP contribution is -2.51. The van der Waals surface area contributed by atoms with Crippen LogP contribution in [0.5, 0.6) is 0 Å². The minimum atomic E-state index is 0.271. The summed E-state index contributed by atoms with van der Waals surface area (Å²) in [5.41, 5.74) is 4.90. The van der Waals surface area contributed by atoms with Crippen molar-refractivity contribution in [1.29, 1.82) is 0 Å². The molecule has 0 aliphatic carbocycles. The standard InChI is InChI=1S/C21H27N5O/c1-2-24-7-9-26(10-8-24)21(27)15-25-6-5-18-11-17(3-4-19(18)14-25)20-12-22-16-23-13-20/h3-4,11-13,16H,2,5-10,14-15H2,1H3. The van der Waals surface area contributed by atoms with Gasteiger partial charge in [-0.1, -0.05) is 25.1 Å². The van der Waals surface area contributed by atoms with Gasteiger partial charge in [0.1, 0.15) is 6.33 Å². The molecular formula is C21H27N5O. The van der Waals surface area contributed by atoms with Gasteiger partial charge in [0.2, 0.25) is 5.91 Å². The number of fused-ring (bicyclic) bond motifs is 1. The molecule has 0 spiro atoms. The second kappa shape index (κ2) is 8.15. The van der Waals surface area contributed by atoms with Crippen molar-refractivity contribution < 1.29 is 4.79 Å². The zero-order valence-electron chi connectivity index (χ0n) is 16.0. The van der Waals surface area contributed by atoms with Gasteiger partial charge in [0, 0.05) is 57.2 Å². The van der Waals surface area contributed by atoms with Crippen LogP contribution in [0, 0.1) is 0 Å².